The zero-order valence-corrected chi connectivity index (χ0v) is 15.7. The van der Waals surface area contributed by atoms with E-state index in [4.69, 9.17) is 4.74 Å². The third-order valence-electron chi connectivity index (χ3n) is 8.92. The molecule has 0 radical (unpaired) electrons. The molecule has 0 aromatic rings. The van der Waals surface area contributed by atoms with Crippen molar-refractivity contribution in [1.82, 2.24) is 0 Å². The van der Waals surface area contributed by atoms with Gasteiger partial charge < -0.3 is 9.84 Å². The first-order valence-corrected chi connectivity index (χ1v) is 9.71. The molecule has 3 heteroatoms. The Morgan fingerprint density at radius 2 is 1.88 bits per heavy atom. The Morgan fingerprint density at radius 3 is 2.54 bits per heavy atom. The van der Waals surface area contributed by atoms with Crippen LogP contribution >= 0.6 is 0 Å². The van der Waals surface area contributed by atoms with Crippen molar-refractivity contribution in [2.24, 2.45) is 28.1 Å². The maximum Gasteiger partial charge on any atom is 0.309 e. The standard InChI is InChI=1S/C21H32O3/c1-14-12-20-10-6-15-18(2,8-5-9-19(15,3)17(22)23)16(20)7-11-21(14,13-20)24-4/h12,15-16H,5-11,13H2,1-4H3,(H,22,23)/t15-,16-,18+,19+,20+,21-/m0/s1. The van der Waals surface area contributed by atoms with Crippen LogP contribution < -0.4 is 0 Å². The number of methoxy groups -OCH3 is 1. The number of carboxylic acids is 1. The number of hydrogen-bond acceptors (Lipinski definition) is 2. The Balaban J connectivity index is 1.76. The van der Waals surface area contributed by atoms with E-state index in [1.54, 1.807) is 0 Å². The maximum absolute atomic E-state index is 12.1. The van der Waals surface area contributed by atoms with Crippen LogP contribution in [0.3, 0.4) is 0 Å². The first-order valence-electron chi connectivity index (χ1n) is 9.71. The minimum Gasteiger partial charge on any atom is -0.481 e. The number of fused-ring (bicyclic) bond motifs is 3. The largest absolute Gasteiger partial charge is 0.481 e. The number of allylic oxidation sites excluding steroid dienone is 1. The molecule has 24 heavy (non-hydrogen) atoms. The van der Waals surface area contributed by atoms with E-state index < -0.39 is 11.4 Å². The molecule has 6 atom stereocenters. The fourth-order valence-corrected chi connectivity index (χ4v) is 7.76. The highest BCUT2D eigenvalue weighted by Crippen LogP contribution is 2.71. The molecule has 1 N–H and O–H groups in total. The highest BCUT2D eigenvalue weighted by molar-refractivity contribution is 5.75. The van der Waals surface area contributed by atoms with E-state index in [0.29, 0.717) is 11.8 Å². The van der Waals surface area contributed by atoms with Gasteiger partial charge >= 0.3 is 5.97 Å². The highest BCUT2D eigenvalue weighted by atomic mass is 16.5. The minimum absolute atomic E-state index is 0.0372. The van der Waals surface area contributed by atoms with Crippen molar-refractivity contribution in [2.75, 3.05) is 7.11 Å². The molecule has 0 amide bonds. The van der Waals surface area contributed by atoms with E-state index in [2.05, 4.69) is 19.9 Å². The third kappa shape index (κ3) is 1.80. The van der Waals surface area contributed by atoms with Gasteiger partial charge in [0.1, 0.15) is 0 Å². The predicted octanol–water partition coefficient (Wildman–Crippen LogP) is 4.81. The van der Waals surface area contributed by atoms with Gasteiger partial charge in [0.2, 0.25) is 0 Å². The number of hydrogen-bond donors (Lipinski definition) is 1. The summed E-state index contributed by atoms with van der Waals surface area (Å²) in [5.74, 6) is 0.356. The summed E-state index contributed by atoms with van der Waals surface area (Å²) >= 11 is 0. The molecule has 0 saturated heterocycles. The predicted molar refractivity (Wildman–Crippen MR) is 93.7 cm³/mol. The molecule has 134 valence electrons. The van der Waals surface area contributed by atoms with Gasteiger partial charge in [0, 0.05) is 7.11 Å². The summed E-state index contributed by atoms with van der Waals surface area (Å²) in [7, 11) is 1.87. The summed E-state index contributed by atoms with van der Waals surface area (Å²) in [5.41, 5.74) is 1.25. The van der Waals surface area contributed by atoms with Crippen LogP contribution in [0.4, 0.5) is 0 Å². The normalized spacial score (nSPS) is 53.1. The monoisotopic (exact) mass is 332 g/mol. The van der Waals surface area contributed by atoms with Crippen molar-refractivity contribution < 1.29 is 14.6 Å². The molecular weight excluding hydrogens is 300 g/mol. The maximum atomic E-state index is 12.1. The van der Waals surface area contributed by atoms with Crippen LogP contribution in [0, 0.1) is 28.1 Å². The smallest absolute Gasteiger partial charge is 0.309 e. The fourth-order valence-electron chi connectivity index (χ4n) is 7.76. The van der Waals surface area contributed by atoms with E-state index in [0.717, 1.165) is 38.5 Å². The molecule has 0 heterocycles. The van der Waals surface area contributed by atoms with E-state index in [1.807, 2.05) is 14.0 Å². The van der Waals surface area contributed by atoms with Gasteiger partial charge in [-0.05, 0) is 87.0 Å². The molecule has 2 bridgehead atoms. The van der Waals surface area contributed by atoms with Crippen LogP contribution in [-0.2, 0) is 9.53 Å². The average molecular weight is 332 g/mol. The fraction of sp³-hybridized carbons (Fsp3) is 0.857. The van der Waals surface area contributed by atoms with Crippen molar-refractivity contribution in [2.45, 2.75) is 77.7 Å². The zero-order valence-electron chi connectivity index (χ0n) is 15.7. The Morgan fingerprint density at radius 1 is 1.17 bits per heavy atom. The van der Waals surface area contributed by atoms with Gasteiger partial charge in [0.15, 0.2) is 0 Å². The summed E-state index contributed by atoms with van der Waals surface area (Å²) < 4.78 is 6.01. The molecule has 0 aromatic carbocycles. The lowest BCUT2D eigenvalue weighted by Gasteiger charge is -2.63. The molecule has 0 aromatic heterocycles. The molecule has 3 nitrogen and oxygen atoms in total. The second kappa shape index (κ2) is 4.87. The Kier molecular flexibility index (Phi) is 3.37. The minimum atomic E-state index is -0.574. The number of ether oxygens (including phenoxy) is 1. The first kappa shape index (κ1) is 16.6. The van der Waals surface area contributed by atoms with Gasteiger partial charge in [-0.25, -0.2) is 0 Å². The summed E-state index contributed by atoms with van der Waals surface area (Å²) in [5, 5.41) is 9.97. The Bertz CT molecular complexity index is 610. The SMILES string of the molecule is CO[C@]12CC[C@@H]3[C@@](C=C1C)(CC[C@H]1[C@@]3(C)CCC[C@@]1(C)C(=O)O)C2. The van der Waals surface area contributed by atoms with Crippen LogP contribution in [-0.4, -0.2) is 23.8 Å². The van der Waals surface area contributed by atoms with E-state index in [1.165, 1.54) is 18.4 Å². The molecular formula is C21H32O3. The molecule has 3 saturated carbocycles. The Hall–Kier alpha value is -0.830. The van der Waals surface area contributed by atoms with Gasteiger partial charge in [-0.2, -0.15) is 0 Å². The zero-order chi connectivity index (χ0) is 17.4. The molecule has 4 rings (SSSR count). The average Bonchev–Trinajstić information content (AvgIpc) is 2.73. The molecule has 0 unspecified atom stereocenters. The first-order chi connectivity index (χ1) is 11.2. The van der Waals surface area contributed by atoms with Gasteiger partial charge in [0.05, 0.1) is 11.0 Å². The number of carbonyl (C=O) groups is 1. The highest BCUT2D eigenvalue weighted by Gasteiger charge is 2.66. The quantitative estimate of drug-likeness (QED) is 0.738. The van der Waals surface area contributed by atoms with Crippen molar-refractivity contribution in [3.63, 3.8) is 0 Å². The topological polar surface area (TPSA) is 46.5 Å². The molecule has 4 aliphatic rings. The lowest BCUT2D eigenvalue weighted by atomic mass is 9.41. The Labute approximate surface area is 145 Å². The van der Waals surface area contributed by atoms with Crippen molar-refractivity contribution in [3.8, 4) is 0 Å². The molecule has 4 aliphatic carbocycles. The second-order valence-corrected chi connectivity index (χ2v) is 9.70. The summed E-state index contributed by atoms with van der Waals surface area (Å²) in [6.45, 7) is 6.69. The molecule has 1 spiro atoms. The van der Waals surface area contributed by atoms with Crippen molar-refractivity contribution in [1.29, 1.82) is 0 Å². The molecule has 3 fully saturated rings. The van der Waals surface area contributed by atoms with Crippen LogP contribution in [0.15, 0.2) is 11.6 Å². The summed E-state index contributed by atoms with van der Waals surface area (Å²) in [4.78, 5) is 12.1. The van der Waals surface area contributed by atoms with E-state index >= 15 is 0 Å². The summed E-state index contributed by atoms with van der Waals surface area (Å²) in [6, 6.07) is 0. The lowest BCUT2D eigenvalue weighted by molar-refractivity contribution is -0.184. The van der Waals surface area contributed by atoms with E-state index in [9.17, 15) is 9.90 Å². The third-order valence-corrected chi connectivity index (χ3v) is 8.92. The number of rotatable bonds is 2. The van der Waals surface area contributed by atoms with Gasteiger partial charge in [0.25, 0.3) is 0 Å². The second-order valence-electron chi connectivity index (χ2n) is 9.70. The van der Waals surface area contributed by atoms with Crippen LogP contribution in [0.1, 0.15) is 72.1 Å². The molecule has 0 aliphatic heterocycles. The van der Waals surface area contributed by atoms with Crippen molar-refractivity contribution in [3.05, 3.63) is 11.6 Å². The van der Waals surface area contributed by atoms with Crippen molar-refractivity contribution >= 4 is 5.97 Å². The van der Waals surface area contributed by atoms with Crippen LogP contribution in [0.2, 0.25) is 0 Å². The summed E-state index contributed by atoms with van der Waals surface area (Å²) in [6.07, 6.45) is 11.2. The number of aliphatic carboxylic acids is 1. The van der Waals surface area contributed by atoms with Gasteiger partial charge in [-0.1, -0.05) is 19.4 Å². The van der Waals surface area contributed by atoms with E-state index in [-0.39, 0.29) is 16.4 Å². The van der Waals surface area contributed by atoms with Gasteiger partial charge in [-0.3, -0.25) is 4.79 Å². The van der Waals surface area contributed by atoms with Crippen LogP contribution in [0.25, 0.3) is 0 Å². The van der Waals surface area contributed by atoms with Crippen LogP contribution in [0.5, 0.6) is 0 Å². The lowest BCUT2D eigenvalue weighted by Crippen LogP contribution is -2.59. The number of carboxylic acid groups (broad SMARTS) is 1. The van der Waals surface area contributed by atoms with Gasteiger partial charge in [-0.15, -0.1) is 0 Å².